The summed E-state index contributed by atoms with van der Waals surface area (Å²) >= 11 is 0. The van der Waals surface area contributed by atoms with Crippen molar-refractivity contribution >= 4 is 5.97 Å². The van der Waals surface area contributed by atoms with E-state index in [-0.39, 0.29) is 0 Å². The summed E-state index contributed by atoms with van der Waals surface area (Å²) in [6.07, 6.45) is 6.65. The van der Waals surface area contributed by atoms with Crippen molar-refractivity contribution in [3.05, 3.63) is 29.8 Å². The van der Waals surface area contributed by atoms with Crippen molar-refractivity contribution in [1.29, 1.82) is 0 Å². The first-order chi connectivity index (χ1) is 8.17. The number of benzene rings is 1. The summed E-state index contributed by atoms with van der Waals surface area (Å²) in [5.74, 6) is 2.03. The van der Waals surface area contributed by atoms with Crippen molar-refractivity contribution < 1.29 is 14.6 Å². The van der Waals surface area contributed by atoms with Crippen LogP contribution in [0.5, 0.6) is 5.75 Å². The fourth-order valence-electron chi connectivity index (χ4n) is 1.62. The lowest BCUT2D eigenvalue weighted by molar-refractivity contribution is -0.141. The van der Waals surface area contributed by atoms with Crippen LogP contribution < -0.4 is 4.74 Å². The van der Waals surface area contributed by atoms with Gasteiger partial charge in [0.05, 0.1) is 13.0 Å². The zero-order valence-electron chi connectivity index (χ0n) is 9.85. The van der Waals surface area contributed by atoms with E-state index in [2.05, 4.69) is 5.92 Å². The van der Waals surface area contributed by atoms with Gasteiger partial charge in [-0.3, -0.25) is 4.79 Å². The molecule has 0 saturated heterocycles. The van der Waals surface area contributed by atoms with Gasteiger partial charge >= 0.3 is 5.97 Å². The molecule has 1 rings (SSSR count). The third-order valence-corrected chi connectivity index (χ3v) is 2.63. The van der Waals surface area contributed by atoms with Crippen LogP contribution in [0, 0.1) is 18.3 Å². The van der Waals surface area contributed by atoms with Crippen LogP contribution in [0.1, 0.15) is 18.4 Å². The smallest absolute Gasteiger partial charge is 0.306 e. The molecule has 17 heavy (non-hydrogen) atoms. The fourth-order valence-corrected chi connectivity index (χ4v) is 1.62. The van der Waals surface area contributed by atoms with E-state index < -0.39 is 11.9 Å². The first kappa shape index (κ1) is 13.1. The highest BCUT2D eigenvalue weighted by atomic mass is 16.5. The molecule has 0 aliphatic heterocycles. The maximum absolute atomic E-state index is 11.0. The van der Waals surface area contributed by atoms with Crippen molar-refractivity contribution in [1.82, 2.24) is 0 Å². The summed E-state index contributed by atoms with van der Waals surface area (Å²) in [5, 5.41) is 9.07. The lowest BCUT2D eigenvalue weighted by atomic mass is 9.95. The van der Waals surface area contributed by atoms with Gasteiger partial charge in [-0.25, -0.2) is 0 Å². The molecule has 1 aromatic carbocycles. The minimum atomic E-state index is -0.795. The summed E-state index contributed by atoms with van der Waals surface area (Å²) in [6, 6.07) is 7.42. The second-order valence-corrected chi connectivity index (χ2v) is 3.83. The van der Waals surface area contributed by atoms with Gasteiger partial charge in [0.25, 0.3) is 0 Å². The average molecular weight is 232 g/mol. The highest BCUT2D eigenvalue weighted by molar-refractivity contribution is 5.70. The monoisotopic (exact) mass is 232 g/mol. The lowest BCUT2D eigenvalue weighted by Crippen LogP contribution is -2.16. The molecule has 1 atom stereocenters. The van der Waals surface area contributed by atoms with E-state index in [0.29, 0.717) is 19.3 Å². The number of hydrogen-bond acceptors (Lipinski definition) is 2. The molecule has 3 nitrogen and oxygen atoms in total. The van der Waals surface area contributed by atoms with Crippen molar-refractivity contribution in [3.8, 4) is 18.1 Å². The molecule has 1 aromatic rings. The second-order valence-electron chi connectivity index (χ2n) is 3.83. The molecule has 1 unspecified atom stereocenters. The molecule has 0 aliphatic rings. The number of hydrogen-bond donors (Lipinski definition) is 1. The first-order valence-electron chi connectivity index (χ1n) is 5.46. The van der Waals surface area contributed by atoms with E-state index >= 15 is 0 Å². The molecule has 90 valence electrons. The molecule has 0 radical (unpaired) electrons. The Hall–Kier alpha value is -1.95. The number of ether oxygens (including phenoxy) is 1. The minimum absolute atomic E-state index is 0.417. The Kier molecular flexibility index (Phi) is 5.09. The quantitative estimate of drug-likeness (QED) is 0.766. The number of carboxylic acids is 1. The van der Waals surface area contributed by atoms with Gasteiger partial charge in [-0.2, -0.15) is 0 Å². The number of carboxylic acid groups (broad SMARTS) is 1. The van der Waals surface area contributed by atoms with Crippen LogP contribution in [0.25, 0.3) is 0 Å². The number of rotatable bonds is 6. The highest BCUT2D eigenvalue weighted by Gasteiger charge is 2.17. The van der Waals surface area contributed by atoms with E-state index in [1.807, 2.05) is 24.3 Å². The molecule has 0 heterocycles. The van der Waals surface area contributed by atoms with E-state index in [9.17, 15) is 4.79 Å². The summed E-state index contributed by atoms with van der Waals surface area (Å²) in [6.45, 7) is 0. The van der Waals surface area contributed by atoms with Crippen LogP contribution in [0.3, 0.4) is 0 Å². The van der Waals surface area contributed by atoms with Gasteiger partial charge < -0.3 is 9.84 Å². The number of carbonyl (C=O) groups is 1. The van der Waals surface area contributed by atoms with Gasteiger partial charge in [0.1, 0.15) is 5.75 Å². The molecule has 3 heteroatoms. The van der Waals surface area contributed by atoms with E-state index in [1.54, 1.807) is 7.11 Å². The van der Waals surface area contributed by atoms with Crippen LogP contribution >= 0.6 is 0 Å². The second kappa shape index (κ2) is 6.59. The first-order valence-corrected chi connectivity index (χ1v) is 5.46. The summed E-state index contributed by atoms with van der Waals surface area (Å²) in [5.41, 5.74) is 0.982. The van der Waals surface area contributed by atoms with Crippen molar-refractivity contribution in [2.24, 2.45) is 5.92 Å². The average Bonchev–Trinajstić information content (AvgIpc) is 2.35. The van der Waals surface area contributed by atoms with Crippen LogP contribution in [0.2, 0.25) is 0 Å². The van der Waals surface area contributed by atoms with Crippen molar-refractivity contribution in [2.45, 2.75) is 19.3 Å². The molecule has 0 aromatic heterocycles. The van der Waals surface area contributed by atoms with Crippen molar-refractivity contribution in [3.63, 3.8) is 0 Å². The molecule has 0 aliphatic carbocycles. The van der Waals surface area contributed by atoms with Gasteiger partial charge in [0.2, 0.25) is 0 Å². The number of terminal acetylenes is 1. The Bertz CT molecular complexity index is 400. The van der Waals surface area contributed by atoms with Crippen LogP contribution in [-0.2, 0) is 11.2 Å². The van der Waals surface area contributed by atoms with Crippen LogP contribution in [-0.4, -0.2) is 18.2 Å². The molecule has 0 amide bonds. The molecule has 0 bridgehead atoms. The summed E-state index contributed by atoms with van der Waals surface area (Å²) in [7, 11) is 1.60. The fraction of sp³-hybridized carbons (Fsp3) is 0.357. The maximum Gasteiger partial charge on any atom is 0.306 e. The number of aliphatic carboxylic acids is 1. The van der Waals surface area contributed by atoms with Gasteiger partial charge in [-0.05, 0) is 30.5 Å². The lowest BCUT2D eigenvalue weighted by Gasteiger charge is -2.11. The van der Waals surface area contributed by atoms with Gasteiger partial charge in [-0.1, -0.05) is 12.1 Å². The molecule has 0 fully saturated rings. The third kappa shape index (κ3) is 4.20. The normalized spacial score (nSPS) is 11.5. The van der Waals surface area contributed by atoms with E-state index in [4.69, 9.17) is 16.3 Å². The summed E-state index contributed by atoms with van der Waals surface area (Å²) < 4.78 is 5.04. The predicted octanol–water partition coefficient (Wildman–Crippen LogP) is 2.35. The Labute approximate surface area is 101 Å². The highest BCUT2D eigenvalue weighted by Crippen LogP contribution is 2.17. The largest absolute Gasteiger partial charge is 0.497 e. The Balaban J connectivity index is 2.65. The molecular formula is C14H16O3. The molecule has 0 spiro atoms. The Morgan fingerprint density at radius 2 is 2.12 bits per heavy atom. The SMILES string of the molecule is C#CCCC(Cc1ccc(OC)cc1)C(=O)O. The zero-order chi connectivity index (χ0) is 12.7. The standard InChI is InChI=1S/C14H16O3/c1-3-4-5-12(14(15)16)10-11-6-8-13(17-2)9-7-11/h1,6-9,12H,4-5,10H2,2H3,(H,15,16). The maximum atomic E-state index is 11.0. The van der Waals surface area contributed by atoms with E-state index in [1.165, 1.54) is 0 Å². The molecule has 0 saturated carbocycles. The third-order valence-electron chi connectivity index (χ3n) is 2.63. The van der Waals surface area contributed by atoms with Gasteiger partial charge in [0, 0.05) is 6.42 Å². The minimum Gasteiger partial charge on any atom is -0.497 e. The van der Waals surface area contributed by atoms with Crippen LogP contribution in [0.15, 0.2) is 24.3 Å². The van der Waals surface area contributed by atoms with E-state index in [0.717, 1.165) is 11.3 Å². The van der Waals surface area contributed by atoms with Crippen LogP contribution in [0.4, 0.5) is 0 Å². The Morgan fingerprint density at radius 3 is 2.59 bits per heavy atom. The summed E-state index contributed by atoms with van der Waals surface area (Å²) in [4.78, 5) is 11.0. The molecule has 1 N–H and O–H groups in total. The topological polar surface area (TPSA) is 46.5 Å². The van der Waals surface area contributed by atoms with Crippen molar-refractivity contribution in [2.75, 3.05) is 7.11 Å². The van der Waals surface area contributed by atoms with Gasteiger partial charge in [0.15, 0.2) is 0 Å². The molecular weight excluding hydrogens is 216 g/mol. The predicted molar refractivity (Wildman–Crippen MR) is 65.9 cm³/mol. The number of methoxy groups -OCH3 is 1. The zero-order valence-corrected chi connectivity index (χ0v) is 9.85. The van der Waals surface area contributed by atoms with Gasteiger partial charge in [-0.15, -0.1) is 12.3 Å². The Morgan fingerprint density at radius 1 is 1.47 bits per heavy atom.